The molecule has 0 atom stereocenters. The maximum Gasteiger partial charge on any atom is 0.277 e. The molecular weight excluding hydrogens is 487 g/mol. The van der Waals surface area contributed by atoms with Crippen LogP contribution in [-0.2, 0) is 25.9 Å². The fraction of sp³-hybridized carbons (Fsp3) is 0.357. The van der Waals surface area contributed by atoms with Crippen LogP contribution < -0.4 is 10.2 Å². The number of alkyl halides is 1. The Morgan fingerprint density at radius 3 is 2.82 bits per heavy atom. The number of aliphatic hydroxyl groups excluding tert-OH is 1. The number of nitrogens with zero attached hydrogens (tertiary/aromatic N) is 5. The number of β-amino-alcohol motifs (C(OH)–C–C–N with tert-alkyl or cyclic N) is 1. The lowest BCUT2D eigenvalue weighted by atomic mass is 9.97. The Labute approximate surface area is 220 Å². The van der Waals surface area contributed by atoms with Crippen LogP contribution in [0.15, 0.2) is 43.1 Å². The zero-order valence-electron chi connectivity index (χ0n) is 21.4. The zero-order valence-corrected chi connectivity index (χ0v) is 21.4. The van der Waals surface area contributed by atoms with Gasteiger partial charge in [-0.05, 0) is 54.7 Å². The van der Waals surface area contributed by atoms with Crippen LogP contribution >= 0.6 is 0 Å². The van der Waals surface area contributed by atoms with E-state index in [0.29, 0.717) is 31.6 Å². The number of aromatic nitrogens is 3. The SMILES string of the molecule is C=C(CF)n1nc(C(=O)NCc2ncccc2C)c2c1C(=O)N(c1ccc3c(c1)CN(CCO)CC3)CC2. The number of aryl methyl sites for hydroxylation is 1. The molecule has 198 valence electrons. The van der Waals surface area contributed by atoms with Gasteiger partial charge < -0.3 is 15.3 Å². The summed E-state index contributed by atoms with van der Waals surface area (Å²) < 4.78 is 14.9. The number of anilines is 1. The van der Waals surface area contributed by atoms with Crippen molar-refractivity contribution in [3.05, 3.63) is 82.4 Å². The van der Waals surface area contributed by atoms with E-state index in [1.54, 1.807) is 11.1 Å². The predicted octanol–water partition coefficient (Wildman–Crippen LogP) is 2.51. The summed E-state index contributed by atoms with van der Waals surface area (Å²) in [5.74, 6) is -0.799. The minimum atomic E-state index is -0.908. The second-order valence-electron chi connectivity index (χ2n) is 9.65. The molecule has 0 radical (unpaired) electrons. The number of allylic oxidation sites excluding steroid dienone is 1. The maximum atomic E-state index is 13.8. The number of hydrogen-bond donors (Lipinski definition) is 2. The zero-order chi connectivity index (χ0) is 26.8. The van der Waals surface area contributed by atoms with Crippen molar-refractivity contribution >= 4 is 23.2 Å². The number of hydrogen-bond acceptors (Lipinski definition) is 6. The van der Waals surface area contributed by atoms with Crippen LogP contribution in [0.3, 0.4) is 0 Å². The van der Waals surface area contributed by atoms with Crippen molar-refractivity contribution in [2.24, 2.45) is 0 Å². The van der Waals surface area contributed by atoms with Crippen molar-refractivity contribution in [2.75, 3.05) is 37.8 Å². The molecule has 0 spiro atoms. The molecule has 4 heterocycles. The monoisotopic (exact) mass is 518 g/mol. The van der Waals surface area contributed by atoms with Gasteiger partial charge in [0.1, 0.15) is 12.4 Å². The molecule has 2 aliphatic heterocycles. The quantitative estimate of drug-likeness (QED) is 0.475. The summed E-state index contributed by atoms with van der Waals surface area (Å²) in [5.41, 5.74) is 5.50. The highest BCUT2D eigenvalue weighted by molar-refractivity contribution is 6.10. The summed E-state index contributed by atoms with van der Waals surface area (Å²) in [6.07, 6.45) is 2.93. The Morgan fingerprint density at radius 2 is 2.05 bits per heavy atom. The molecule has 0 unspecified atom stereocenters. The molecule has 0 saturated heterocycles. The number of fused-ring (bicyclic) bond motifs is 2. The molecule has 2 amide bonds. The minimum absolute atomic E-state index is 0.0128. The van der Waals surface area contributed by atoms with Crippen molar-refractivity contribution in [3.8, 4) is 0 Å². The summed E-state index contributed by atoms with van der Waals surface area (Å²) >= 11 is 0. The lowest BCUT2D eigenvalue weighted by Gasteiger charge is -2.31. The van der Waals surface area contributed by atoms with Crippen LogP contribution in [0.1, 0.15) is 48.9 Å². The Morgan fingerprint density at radius 1 is 1.21 bits per heavy atom. The van der Waals surface area contributed by atoms with Crippen molar-refractivity contribution in [1.82, 2.24) is 25.0 Å². The first-order chi connectivity index (χ1) is 18.4. The lowest BCUT2D eigenvalue weighted by Crippen LogP contribution is -2.39. The molecule has 2 aliphatic rings. The minimum Gasteiger partial charge on any atom is -0.395 e. The normalized spacial score (nSPS) is 15.2. The van der Waals surface area contributed by atoms with Gasteiger partial charge in [-0.3, -0.25) is 19.5 Å². The first-order valence-corrected chi connectivity index (χ1v) is 12.7. The smallest absolute Gasteiger partial charge is 0.277 e. The van der Waals surface area contributed by atoms with E-state index < -0.39 is 12.6 Å². The second-order valence-corrected chi connectivity index (χ2v) is 9.65. The summed E-state index contributed by atoms with van der Waals surface area (Å²) in [6.45, 7) is 7.59. The lowest BCUT2D eigenvalue weighted by molar-refractivity contribution is 0.0943. The van der Waals surface area contributed by atoms with Crippen molar-refractivity contribution in [2.45, 2.75) is 32.9 Å². The van der Waals surface area contributed by atoms with Crippen molar-refractivity contribution in [3.63, 3.8) is 0 Å². The molecule has 0 bridgehead atoms. The molecule has 1 aromatic carbocycles. The number of pyridine rings is 1. The molecule has 0 saturated carbocycles. The van der Waals surface area contributed by atoms with E-state index >= 15 is 0 Å². The van der Waals surface area contributed by atoms with Crippen LogP contribution in [0.4, 0.5) is 10.1 Å². The first kappa shape index (κ1) is 25.7. The number of amides is 2. The molecule has 9 nitrogen and oxygen atoms in total. The molecule has 38 heavy (non-hydrogen) atoms. The van der Waals surface area contributed by atoms with E-state index in [0.717, 1.165) is 35.5 Å². The van der Waals surface area contributed by atoms with Gasteiger partial charge in [-0.15, -0.1) is 0 Å². The van der Waals surface area contributed by atoms with Crippen LogP contribution in [0, 0.1) is 6.92 Å². The van der Waals surface area contributed by atoms with Crippen molar-refractivity contribution < 1.29 is 19.1 Å². The Hall–Kier alpha value is -3.89. The highest BCUT2D eigenvalue weighted by Gasteiger charge is 2.35. The Kier molecular flexibility index (Phi) is 7.35. The molecule has 2 N–H and O–H groups in total. The van der Waals surface area contributed by atoms with Crippen LogP contribution in [-0.4, -0.2) is 69.5 Å². The van der Waals surface area contributed by atoms with Gasteiger partial charge in [-0.2, -0.15) is 5.10 Å². The number of halogens is 1. The van der Waals surface area contributed by atoms with E-state index in [4.69, 9.17) is 0 Å². The summed E-state index contributed by atoms with van der Waals surface area (Å²) in [5, 5.41) is 16.5. The highest BCUT2D eigenvalue weighted by atomic mass is 19.1. The van der Waals surface area contributed by atoms with E-state index in [1.165, 1.54) is 10.2 Å². The van der Waals surface area contributed by atoms with Gasteiger partial charge in [0.2, 0.25) is 0 Å². The number of carbonyl (C=O) groups is 2. The van der Waals surface area contributed by atoms with Gasteiger partial charge in [0.05, 0.1) is 24.5 Å². The molecule has 2 aromatic heterocycles. The fourth-order valence-electron chi connectivity index (χ4n) is 5.13. The topological polar surface area (TPSA) is 104 Å². The Balaban J connectivity index is 1.43. The summed E-state index contributed by atoms with van der Waals surface area (Å²) in [4.78, 5) is 35.0. The third kappa shape index (κ3) is 4.84. The summed E-state index contributed by atoms with van der Waals surface area (Å²) in [6, 6.07) is 9.72. The Bertz CT molecular complexity index is 1400. The second kappa shape index (κ2) is 10.8. The number of rotatable bonds is 8. The first-order valence-electron chi connectivity index (χ1n) is 12.7. The molecule has 0 fully saturated rings. The van der Waals surface area contributed by atoms with E-state index in [9.17, 15) is 19.1 Å². The largest absolute Gasteiger partial charge is 0.395 e. The molecule has 10 heteroatoms. The fourth-order valence-corrected chi connectivity index (χ4v) is 5.13. The van der Waals surface area contributed by atoms with Gasteiger partial charge in [-0.25, -0.2) is 9.07 Å². The van der Waals surface area contributed by atoms with Crippen molar-refractivity contribution in [1.29, 1.82) is 0 Å². The van der Waals surface area contributed by atoms with Crippen LogP contribution in [0.5, 0.6) is 0 Å². The van der Waals surface area contributed by atoms with Gasteiger partial charge >= 0.3 is 0 Å². The highest BCUT2D eigenvalue weighted by Crippen LogP contribution is 2.31. The number of benzene rings is 1. The van der Waals surface area contributed by atoms with E-state index in [2.05, 4.69) is 26.9 Å². The van der Waals surface area contributed by atoms with E-state index in [1.807, 2.05) is 37.3 Å². The third-order valence-corrected chi connectivity index (χ3v) is 7.23. The average molecular weight is 519 g/mol. The van der Waals surface area contributed by atoms with E-state index in [-0.39, 0.29) is 36.1 Å². The van der Waals surface area contributed by atoms with Gasteiger partial charge in [-0.1, -0.05) is 18.7 Å². The summed E-state index contributed by atoms with van der Waals surface area (Å²) in [7, 11) is 0. The number of carbonyl (C=O) groups excluding carboxylic acids is 2. The maximum absolute atomic E-state index is 13.8. The standard InChI is InChI=1S/C28H31FN6O3/c1-18-4-3-9-30-24(18)16-31-27(37)25-23-8-11-34(28(38)26(23)35(32-25)19(2)15-29)22-6-5-20-7-10-33(12-13-36)17-21(20)14-22/h3-6,9,14,36H,2,7-8,10-13,15-17H2,1H3,(H,31,37). The average Bonchev–Trinajstić information content (AvgIpc) is 3.33. The number of nitrogens with one attached hydrogen (secondary N) is 1. The third-order valence-electron chi connectivity index (χ3n) is 7.23. The molecule has 3 aromatic rings. The van der Waals surface area contributed by atoms with Gasteiger partial charge in [0.15, 0.2) is 5.69 Å². The van der Waals surface area contributed by atoms with Crippen LogP contribution in [0.25, 0.3) is 5.70 Å². The van der Waals surface area contributed by atoms with Gasteiger partial charge in [0.25, 0.3) is 11.8 Å². The van der Waals surface area contributed by atoms with Gasteiger partial charge in [0, 0.05) is 43.6 Å². The predicted molar refractivity (Wildman–Crippen MR) is 142 cm³/mol. The molecule has 5 rings (SSSR count). The molecular formula is C28H31FN6O3. The number of aliphatic hydroxyl groups is 1. The van der Waals surface area contributed by atoms with Crippen LogP contribution in [0.2, 0.25) is 0 Å². The molecule has 0 aliphatic carbocycles.